The Kier molecular flexibility index (Phi) is 2.83. The number of aromatic amines is 1. The van der Waals surface area contributed by atoms with Gasteiger partial charge < -0.3 is 4.98 Å². The van der Waals surface area contributed by atoms with Crippen molar-refractivity contribution in [3.8, 4) is 6.07 Å². The third kappa shape index (κ3) is 1.92. The third-order valence-electron chi connectivity index (χ3n) is 2.12. The fraction of sp³-hybridized carbons (Fsp3) is 0.500. The number of imidazole rings is 1. The van der Waals surface area contributed by atoms with E-state index in [9.17, 15) is 0 Å². The summed E-state index contributed by atoms with van der Waals surface area (Å²) in [5.74, 6) is 1.12. The van der Waals surface area contributed by atoms with E-state index in [-0.39, 0.29) is 0 Å². The minimum absolute atomic E-state index is 0.437. The van der Waals surface area contributed by atoms with Crippen molar-refractivity contribution < 1.29 is 4.70 Å². The molecule has 7 heteroatoms. The molecule has 0 radical (unpaired) electrons. The van der Waals surface area contributed by atoms with Gasteiger partial charge in [0.1, 0.15) is 19.2 Å². The third-order valence-corrected chi connectivity index (χ3v) is 2.29. The predicted octanol–water partition coefficient (Wildman–Crippen LogP) is 0.720. The highest BCUT2D eigenvalue weighted by Gasteiger charge is 2.27. The molecule has 15 heavy (non-hydrogen) atoms. The first-order valence-electron chi connectivity index (χ1n) is 4.58. The van der Waals surface area contributed by atoms with Crippen LogP contribution in [0.5, 0.6) is 0 Å². The molecule has 1 aliphatic heterocycles. The Labute approximate surface area is 91.8 Å². The van der Waals surface area contributed by atoms with Gasteiger partial charge in [0.2, 0.25) is 0 Å². The number of anilines is 1. The van der Waals surface area contributed by atoms with Gasteiger partial charge in [-0.05, 0) is 0 Å². The maximum atomic E-state index is 8.81. The van der Waals surface area contributed by atoms with Crippen LogP contribution in [0.15, 0.2) is 11.6 Å². The van der Waals surface area contributed by atoms with E-state index in [0.717, 1.165) is 13.1 Å². The Hall–Kier alpha value is -1.61. The predicted molar refractivity (Wildman–Crippen MR) is 53.8 cm³/mol. The van der Waals surface area contributed by atoms with Gasteiger partial charge in [-0.15, -0.1) is 16.6 Å². The fourth-order valence-electron chi connectivity index (χ4n) is 1.42. The first-order valence-corrected chi connectivity index (χ1v) is 5.12. The van der Waals surface area contributed by atoms with Crippen molar-refractivity contribution in [2.24, 2.45) is 5.22 Å². The summed E-state index contributed by atoms with van der Waals surface area (Å²) in [6.07, 6.45) is 1.49. The molecule has 6 nitrogen and oxygen atoms in total. The van der Waals surface area contributed by atoms with E-state index in [1.165, 1.54) is 6.33 Å². The molecule has 0 fully saturated rings. The van der Waals surface area contributed by atoms with E-state index in [2.05, 4.69) is 15.2 Å². The average molecular weight is 226 g/mol. The molecule has 1 N–H and O–H groups in total. The van der Waals surface area contributed by atoms with E-state index >= 15 is 0 Å². The van der Waals surface area contributed by atoms with Crippen molar-refractivity contribution >= 4 is 17.4 Å². The van der Waals surface area contributed by atoms with Crippen molar-refractivity contribution in [3.05, 3.63) is 12.0 Å². The minimum Gasteiger partial charge on any atom is -0.333 e. The average Bonchev–Trinajstić information content (AvgIpc) is 2.84. The lowest BCUT2D eigenvalue weighted by Gasteiger charge is -1.97. The van der Waals surface area contributed by atoms with Gasteiger partial charge >= 0.3 is 0 Å². The fourth-order valence-corrected chi connectivity index (χ4v) is 1.61. The van der Waals surface area contributed by atoms with Crippen LogP contribution >= 0.6 is 11.6 Å². The Morgan fingerprint density at radius 1 is 1.73 bits per heavy atom. The topological polar surface area (TPSA) is 71.1 Å². The Morgan fingerprint density at radius 2 is 2.60 bits per heavy atom. The molecule has 0 bridgehead atoms. The number of H-pyrrole nitrogens is 1. The van der Waals surface area contributed by atoms with E-state index in [0.29, 0.717) is 23.9 Å². The second-order valence-corrected chi connectivity index (χ2v) is 3.45. The number of alkyl halides is 1. The maximum Gasteiger partial charge on any atom is 0.278 e. The lowest BCUT2D eigenvalue weighted by Crippen LogP contribution is -2.15. The van der Waals surface area contributed by atoms with Crippen molar-refractivity contribution in [1.82, 2.24) is 9.97 Å². The van der Waals surface area contributed by atoms with Gasteiger partial charge in [0.25, 0.3) is 5.82 Å². The quantitative estimate of drug-likeness (QED) is 0.609. The molecule has 2 heterocycles. The van der Waals surface area contributed by atoms with Gasteiger partial charge in [0, 0.05) is 0 Å². The summed E-state index contributed by atoms with van der Waals surface area (Å²) in [6.45, 7) is 2.26. The molecule has 0 amide bonds. The van der Waals surface area contributed by atoms with E-state index in [1.54, 1.807) is 5.01 Å². The molecule has 0 unspecified atom stereocenters. The molecule has 1 aromatic rings. The van der Waals surface area contributed by atoms with Gasteiger partial charge in [-0.25, -0.2) is 0 Å². The van der Waals surface area contributed by atoms with E-state index in [1.807, 2.05) is 10.8 Å². The number of hydrogen-bond donors (Lipinski definition) is 1. The van der Waals surface area contributed by atoms with Gasteiger partial charge in [-0.1, -0.05) is 0 Å². The zero-order chi connectivity index (χ0) is 10.7. The monoisotopic (exact) mass is 225 g/mol. The van der Waals surface area contributed by atoms with Crippen LogP contribution in [0.25, 0.3) is 0 Å². The second kappa shape index (κ2) is 4.28. The van der Waals surface area contributed by atoms with Crippen LogP contribution in [0.4, 0.5) is 5.82 Å². The van der Waals surface area contributed by atoms with Gasteiger partial charge in [0.15, 0.2) is 12.2 Å². The summed E-state index contributed by atoms with van der Waals surface area (Å²) >= 11 is 5.62. The molecule has 2 rings (SSSR count). The Balaban J connectivity index is 2.17. The SMILES string of the molecule is N#Cc1[nH]cnc1N1CC[N+](CCCl)=N1. The summed E-state index contributed by atoms with van der Waals surface area (Å²) < 4.78 is 1.86. The van der Waals surface area contributed by atoms with Crippen LogP contribution in [0.2, 0.25) is 0 Å². The molecule has 0 atom stereocenters. The highest BCUT2D eigenvalue weighted by atomic mass is 35.5. The smallest absolute Gasteiger partial charge is 0.278 e. The molecule has 0 aromatic carbocycles. The molecule has 0 aliphatic carbocycles. The maximum absolute atomic E-state index is 8.81. The minimum atomic E-state index is 0.437. The number of rotatable bonds is 3. The van der Waals surface area contributed by atoms with Crippen LogP contribution in [-0.2, 0) is 0 Å². The summed E-state index contributed by atoms with van der Waals surface area (Å²) in [5, 5.41) is 14.8. The van der Waals surface area contributed by atoms with Crippen LogP contribution < -0.4 is 5.01 Å². The molecular weight excluding hydrogens is 216 g/mol. The van der Waals surface area contributed by atoms with Crippen molar-refractivity contribution in [2.45, 2.75) is 0 Å². The molecule has 0 saturated heterocycles. The summed E-state index contributed by atoms with van der Waals surface area (Å²) in [7, 11) is 0. The summed E-state index contributed by atoms with van der Waals surface area (Å²) in [5.41, 5.74) is 0.437. The van der Waals surface area contributed by atoms with Crippen LogP contribution in [0.1, 0.15) is 5.69 Å². The van der Waals surface area contributed by atoms with Crippen LogP contribution in [0.3, 0.4) is 0 Å². The Bertz CT molecular complexity index is 417. The molecule has 1 aliphatic rings. The zero-order valence-corrected chi connectivity index (χ0v) is 8.78. The van der Waals surface area contributed by atoms with Gasteiger partial charge in [-0.3, -0.25) is 0 Å². The van der Waals surface area contributed by atoms with Crippen LogP contribution in [-0.4, -0.2) is 40.2 Å². The summed E-state index contributed by atoms with van der Waals surface area (Å²) in [6, 6.07) is 2.03. The normalized spacial score (nSPS) is 15.2. The van der Waals surface area contributed by atoms with E-state index in [4.69, 9.17) is 16.9 Å². The second-order valence-electron chi connectivity index (χ2n) is 3.07. The highest BCUT2D eigenvalue weighted by Crippen LogP contribution is 2.17. The number of nitrogens with zero attached hydrogens (tertiary/aromatic N) is 5. The van der Waals surface area contributed by atoms with Gasteiger partial charge in [0.05, 0.1) is 17.4 Å². The summed E-state index contributed by atoms with van der Waals surface area (Å²) in [4.78, 5) is 6.82. The lowest BCUT2D eigenvalue weighted by molar-refractivity contribution is -0.575. The largest absolute Gasteiger partial charge is 0.333 e. The highest BCUT2D eigenvalue weighted by molar-refractivity contribution is 6.17. The number of nitriles is 1. The van der Waals surface area contributed by atoms with E-state index < -0.39 is 0 Å². The number of halogens is 1. The molecule has 1 aromatic heterocycles. The van der Waals surface area contributed by atoms with Crippen molar-refractivity contribution in [3.63, 3.8) is 0 Å². The first-order chi connectivity index (χ1) is 7.35. The molecule has 0 spiro atoms. The number of nitrogens with one attached hydrogen (secondary N) is 1. The Morgan fingerprint density at radius 3 is 3.33 bits per heavy atom. The first kappa shape index (κ1) is 9.93. The number of aromatic nitrogens is 2. The molecule has 0 saturated carbocycles. The van der Waals surface area contributed by atoms with Crippen molar-refractivity contribution in [1.29, 1.82) is 5.26 Å². The standard InChI is InChI=1S/C8H10ClN6/c9-1-2-14-3-4-15(13-14)8-7(5-10)11-6-12-8/h6H,1-4H2,(H,11,12)/q+1. The van der Waals surface area contributed by atoms with Crippen LogP contribution in [0, 0.1) is 11.3 Å². The molecule has 78 valence electrons. The zero-order valence-electron chi connectivity index (χ0n) is 8.02. The van der Waals surface area contributed by atoms with Crippen molar-refractivity contribution in [2.75, 3.05) is 30.5 Å². The lowest BCUT2D eigenvalue weighted by atomic mass is 10.4. The van der Waals surface area contributed by atoms with Gasteiger partial charge in [-0.2, -0.15) is 14.9 Å². The number of hydrogen-bond acceptors (Lipinski definition) is 4. The molecular formula is C8H10ClN6+.